The van der Waals surface area contributed by atoms with Crippen LogP contribution in [0.5, 0.6) is 11.6 Å². The standard InChI is InChI=1S/C16H18BrClN2O/c1-16(2,3)20-9-11-7-15(19-10-14(11)18)21-13-6-4-5-12(17)8-13/h4-8,10,20H,9H2,1-3H3. The normalized spacial score (nSPS) is 11.5. The van der Waals surface area contributed by atoms with Crippen molar-refractivity contribution in [3.05, 3.63) is 51.6 Å². The number of rotatable bonds is 4. The molecule has 0 aliphatic heterocycles. The highest BCUT2D eigenvalue weighted by Gasteiger charge is 2.11. The van der Waals surface area contributed by atoms with Gasteiger partial charge < -0.3 is 10.1 Å². The van der Waals surface area contributed by atoms with E-state index in [1.54, 1.807) is 6.20 Å². The molecule has 1 aromatic heterocycles. The Balaban J connectivity index is 2.14. The van der Waals surface area contributed by atoms with E-state index in [0.29, 0.717) is 17.4 Å². The number of halogens is 2. The molecule has 3 nitrogen and oxygen atoms in total. The zero-order valence-corrected chi connectivity index (χ0v) is 14.6. The van der Waals surface area contributed by atoms with E-state index in [1.165, 1.54) is 0 Å². The molecule has 0 fully saturated rings. The Bertz CT molecular complexity index is 626. The lowest BCUT2D eigenvalue weighted by molar-refractivity contribution is 0.422. The maximum atomic E-state index is 6.19. The second kappa shape index (κ2) is 6.77. The van der Waals surface area contributed by atoms with Crippen LogP contribution < -0.4 is 10.1 Å². The van der Waals surface area contributed by atoms with Gasteiger partial charge in [-0.2, -0.15) is 0 Å². The Kier molecular flexibility index (Phi) is 5.25. The summed E-state index contributed by atoms with van der Waals surface area (Å²) >= 11 is 9.60. The molecule has 5 heteroatoms. The van der Waals surface area contributed by atoms with Gasteiger partial charge in [0.05, 0.1) is 5.02 Å². The largest absolute Gasteiger partial charge is 0.439 e. The molecule has 1 N–H and O–H groups in total. The van der Waals surface area contributed by atoms with Gasteiger partial charge in [0.25, 0.3) is 0 Å². The summed E-state index contributed by atoms with van der Waals surface area (Å²) in [5.41, 5.74) is 0.990. The van der Waals surface area contributed by atoms with Gasteiger partial charge in [-0.1, -0.05) is 33.6 Å². The third-order valence-corrected chi connectivity index (χ3v) is 3.57. The van der Waals surface area contributed by atoms with Crippen LogP contribution in [0.1, 0.15) is 26.3 Å². The molecule has 0 amide bonds. The number of hydrogen-bond acceptors (Lipinski definition) is 3. The van der Waals surface area contributed by atoms with Crippen molar-refractivity contribution in [2.75, 3.05) is 0 Å². The highest BCUT2D eigenvalue weighted by atomic mass is 79.9. The molecule has 0 saturated carbocycles. The van der Waals surface area contributed by atoms with Crippen LogP contribution in [0.4, 0.5) is 0 Å². The van der Waals surface area contributed by atoms with E-state index >= 15 is 0 Å². The van der Waals surface area contributed by atoms with Crippen molar-refractivity contribution < 1.29 is 4.74 Å². The average Bonchev–Trinajstić information content (AvgIpc) is 2.38. The van der Waals surface area contributed by atoms with Gasteiger partial charge in [-0.15, -0.1) is 0 Å². The molecule has 0 radical (unpaired) electrons. The lowest BCUT2D eigenvalue weighted by atomic mass is 10.1. The van der Waals surface area contributed by atoms with Crippen molar-refractivity contribution in [3.63, 3.8) is 0 Å². The first-order valence-electron chi connectivity index (χ1n) is 6.66. The molecule has 0 spiro atoms. The third kappa shape index (κ3) is 5.30. The van der Waals surface area contributed by atoms with Crippen LogP contribution in [0, 0.1) is 0 Å². The number of benzene rings is 1. The van der Waals surface area contributed by atoms with Gasteiger partial charge in [-0.25, -0.2) is 4.98 Å². The zero-order valence-electron chi connectivity index (χ0n) is 12.3. The van der Waals surface area contributed by atoms with E-state index < -0.39 is 0 Å². The Morgan fingerprint density at radius 1 is 1.29 bits per heavy atom. The topological polar surface area (TPSA) is 34.1 Å². The number of pyridine rings is 1. The summed E-state index contributed by atoms with van der Waals surface area (Å²) in [5, 5.41) is 4.04. The highest BCUT2D eigenvalue weighted by Crippen LogP contribution is 2.26. The lowest BCUT2D eigenvalue weighted by Gasteiger charge is -2.21. The van der Waals surface area contributed by atoms with Crippen molar-refractivity contribution in [2.45, 2.75) is 32.9 Å². The Morgan fingerprint density at radius 2 is 2.05 bits per heavy atom. The van der Waals surface area contributed by atoms with Crippen LogP contribution in [0.3, 0.4) is 0 Å². The average molecular weight is 370 g/mol. The predicted octanol–water partition coefficient (Wildman–Crippen LogP) is 5.18. The number of aromatic nitrogens is 1. The van der Waals surface area contributed by atoms with Crippen LogP contribution in [-0.4, -0.2) is 10.5 Å². The van der Waals surface area contributed by atoms with Crippen molar-refractivity contribution in [3.8, 4) is 11.6 Å². The molecule has 0 aliphatic rings. The molecule has 21 heavy (non-hydrogen) atoms. The van der Waals surface area contributed by atoms with Crippen LogP contribution in [-0.2, 0) is 6.54 Å². The monoisotopic (exact) mass is 368 g/mol. The molecule has 0 unspecified atom stereocenters. The van der Waals surface area contributed by atoms with E-state index in [4.69, 9.17) is 16.3 Å². The van der Waals surface area contributed by atoms with E-state index in [0.717, 1.165) is 15.8 Å². The predicted molar refractivity (Wildman–Crippen MR) is 90.1 cm³/mol. The smallest absolute Gasteiger partial charge is 0.219 e. The SMILES string of the molecule is CC(C)(C)NCc1cc(Oc2cccc(Br)c2)ncc1Cl. The first-order chi connectivity index (χ1) is 9.83. The van der Waals surface area contributed by atoms with Crippen LogP contribution in [0.25, 0.3) is 0 Å². The van der Waals surface area contributed by atoms with Crippen LogP contribution >= 0.6 is 27.5 Å². The number of nitrogens with one attached hydrogen (secondary N) is 1. The Labute approximate surface area is 138 Å². The molecule has 1 heterocycles. The van der Waals surface area contributed by atoms with Gasteiger partial charge in [0.2, 0.25) is 5.88 Å². The van der Waals surface area contributed by atoms with Gasteiger partial charge in [0.15, 0.2) is 0 Å². The minimum absolute atomic E-state index is 0.0257. The van der Waals surface area contributed by atoms with Gasteiger partial charge in [0.1, 0.15) is 5.75 Å². The molecule has 112 valence electrons. The summed E-state index contributed by atoms with van der Waals surface area (Å²) in [5.74, 6) is 1.26. The Hall–Kier alpha value is -1.10. The van der Waals surface area contributed by atoms with Gasteiger partial charge in [-0.05, 0) is 44.5 Å². The van der Waals surface area contributed by atoms with Crippen molar-refractivity contribution in [1.29, 1.82) is 0 Å². The van der Waals surface area contributed by atoms with E-state index in [-0.39, 0.29) is 5.54 Å². The molecule has 2 rings (SSSR count). The zero-order chi connectivity index (χ0) is 15.5. The molecule has 0 aliphatic carbocycles. The summed E-state index contributed by atoms with van der Waals surface area (Å²) in [6.45, 7) is 7.00. The highest BCUT2D eigenvalue weighted by molar-refractivity contribution is 9.10. The number of nitrogens with zero attached hydrogens (tertiary/aromatic N) is 1. The minimum Gasteiger partial charge on any atom is -0.439 e. The molecule has 0 saturated heterocycles. The summed E-state index contributed by atoms with van der Waals surface area (Å²) in [6, 6.07) is 9.50. The summed E-state index contributed by atoms with van der Waals surface area (Å²) in [7, 11) is 0. The second-order valence-corrected chi connectivity index (χ2v) is 7.10. The first kappa shape index (κ1) is 16.3. The Morgan fingerprint density at radius 3 is 2.71 bits per heavy atom. The van der Waals surface area contributed by atoms with Gasteiger partial charge in [0, 0.05) is 28.8 Å². The fraction of sp³-hybridized carbons (Fsp3) is 0.312. The van der Waals surface area contributed by atoms with Crippen molar-refractivity contribution in [2.24, 2.45) is 0 Å². The van der Waals surface area contributed by atoms with E-state index in [2.05, 4.69) is 47.0 Å². The molecule has 0 atom stereocenters. The fourth-order valence-electron chi connectivity index (χ4n) is 1.66. The van der Waals surface area contributed by atoms with E-state index in [1.807, 2.05) is 30.3 Å². The maximum Gasteiger partial charge on any atom is 0.219 e. The van der Waals surface area contributed by atoms with Crippen molar-refractivity contribution >= 4 is 27.5 Å². The quantitative estimate of drug-likeness (QED) is 0.806. The lowest BCUT2D eigenvalue weighted by Crippen LogP contribution is -2.35. The van der Waals surface area contributed by atoms with Crippen LogP contribution in [0.2, 0.25) is 5.02 Å². The van der Waals surface area contributed by atoms with Gasteiger partial charge >= 0.3 is 0 Å². The summed E-state index contributed by atoms with van der Waals surface area (Å²) < 4.78 is 6.72. The van der Waals surface area contributed by atoms with E-state index in [9.17, 15) is 0 Å². The molecular weight excluding hydrogens is 352 g/mol. The molecule has 0 bridgehead atoms. The van der Waals surface area contributed by atoms with Crippen molar-refractivity contribution in [1.82, 2.24) is 10.3 Å². The van der Waals surface area contributed by atoms with Crippen LogP contribution in [0.15, 0.2) is 41.0 Å². The first-order valence-corrected chi connectivity index (χ1v) is 7.83. The number of ether oxygens (including phenoxy) is 1. The molecular formula is C16H18BrClN2O. The summed E-state index contributed by atoms with van der Waals surface area (Å²) in [4.78, 5) is 4.21. The second-order valence-electron chi connectivity index (χ2n) is 5.78. The minimum atomic E-state index is 0.0257. The molecule has 2 aromatic rings. The third-order valence-electron chi connectivity index (χ3n) is 2.74. The summed E-state index contributed by atoms with van der Waals surface area (Å²) in [6.07, 6.45) is 1.62. The number of hydrogen-bond donors (Lipinski definition) is 1. The molecule has 1 aromatic carbocycles. The van der Waals surface area contributed by atoms with Gasteiger partial charge in [-0.3, -0.25) is 0 Å². The fourth-order valence-corrected chi connectivity index (χ4v) is 2.21. The maximum absolute atomic E-state index is 6.19.